The molecule has 98 valence electrons. The number of halogens is 2. The lowest BCUT2D eigenvalue weighted by Crippen LogP contribution is -2.01. The highest BCUT2D eigenvalue weighted by atomic mass is 35.5. The first-order chi connectivity index (χ1) is 8.97. The maximum atomic E-state index is 13.1. The second kappa shape index (κ2) is 5.28. The molecule has 3 nitrogen and oxygen atoms in total. The van der Waals surface area contributed by atoms with Gasteiger partial charge in [-0.2, -0.15) is 0 Å². The number of nitrogen functional groups attached to an aromatic ring is 1. The van der Waals surface area contributed by atoms with Crippen molar-refractivity contribution in [1.29, 1.82) is 0 Å². The van der Waals surface area contributed by atoms with Crippen molar-refractivity contribution in [3.05, 3.63) is 52.8 Å². The number of rotatable bonds is 3. The van der Waals surface area contributed by atoms with Crippen molar-refractivity contribution in [3.8, 4) is 0 Å². The molecule has 0 radical (unpaired) electrons. The van der Waals surface area contributed by atoms with Crippen molar-refractivity contribution in [2.24, 2.45) is 0 Å². The molecule has 0 amide bonds. The highest BCUT2D eigenvalue weighted by Crippen LogP contribution is 2.27. The van der Waals surface area contributed by atoms with Crippen molar-refractivity contribution < 1.29 is 9.18 Å². The van der Waals surface area contributed by atoms with Gasteiger partial charge < -0.3 is 11.1 Å². The third kappa shape index (κ3) is 3.03. The molecule has 2 aromatic carbocycles. The van der Waals surface area contributed by atoms with Gasteiger partial charge in [-0.25, -0.2) is 4.39 Å². The summed E-state index contributed by atoms with van der Waals surface area (Å²) in [7, 11) is 0. The molecule has 0 heterocycles. The SMILES string of the molecule is CC(=O)c1ccc(Nc2cc(F)ccc2Cl)cc1N. The number of benzene rings is 2. The normalized spacial score (nSPS) is 10.3. The van der Waals surface area contributed by atoms with Crippen LogP contribution in [0, 0.1) is 5.82 Å². The Balaban J connectivity index is 2.31. The topological polar surface area (TPSA) is 55.1 Å². The number of nitrogens with two attached hydrogens (primary N) is 1. The fourth-order valence-corrected chi connectivity index (χ4v) is 1.87. The zero-order chi connectivity index (χ0) is 14.0. The van der Waals surface area contributed by atoms with Crippen molar-refractivity contribution in [2.45, 2.75) is 6.92 Å². The molecule has 0 atom stereocenters. The Morgan fingerprint density at radius 2 is 2.00 bits per heavy atom. The fourth-order valence-electron chi connectivity index (χ4n) is 1.71. The molecule has 0 unspecified atom stereocenters. The molecule has 0 spiro atoms. The fraction of sp³-hybridized carbons (Fsp3) is 0.0714. The van der Waals surface area contributed by atoms with Crippen LogP contribution in [0.4, 0.5) is 21.5 Å². The van der Waals surface area contributed by atoms with E-state index < -0.39 is 0 Å². The van der Waals surface area contributed by atoms with Crippen LogP contribution in [0.15, 0.2) is 36.4 Å². The summed E-state index contributed by atoms with van der Waals surface area (Å²) >= 11 is 5.95. The van der Waals surface area contributed by atoms with Crippen LogP contribution in [0.3, 0.4) is 0 Å². The van der Waals surface area contributed by atoms with Gasteiger partial charge in [-0.1, -0.05) is 11.6 Å². The number of carbonyl (C=O) groups excluding carboxylic acids is 1. The largest absolute Gasteiger partial charge is 0.398 e. The minimum Gasteiger partial charge on any atom is -0.398 e. The zero-order valence-electron chi connectivity index (χ0n) is 10.2. The lowest BCUT2D eigenvalue weighted by atomic mass is 10.1. The van der Waals surface area contributed by atoms with Gasteiger partial charge in [0.05, 0.1) is 10.7 Å². The first-order valence-corrected chi connectivity index (χ1v) is 5.97. The van der Waals surface area contributed by atoms with E-state index >= 15 is 0 Å². The number of hydrogen-bond acceptors (Lipinski definition) is 3. The third-order valence-electron chi connectivity index (χ3n) is 2.64. The number of carbonyl (C=O) groups is 1. The number of ketones is 1. The second-order valence-electron chi connectivity index (χ2n) is 4.11. The summed E-state index contributed by atoms with van der Waals surface area (Å²) in [5, 5.41) is 3.36. The molecule has 19 heavy (non-hydrogen) atoms. The van der Waals surface area contributed by atoms with Gasteiger partial charge in [0, 0.05) is 16.9 Å². The van der Waals surface area contributed by atoms with Gasteiger partial charge in [-0.3, -0.25) is 4.79 Å². The molecule has 0 aromatic heterocycles. The maximum absolute atomic E-state index is 13.1. The smallest absolute Gasteiger partial charge is 0.161 e. The van der Waals surface area contributed by atoms with Gasteiger partial charge in [0.2, 0.25) is 0 Å². The summed E-state index contributed by atoms with van der Waals surface area (Å²) in [5.74, 6) is -0.493. The summed E-state index contributed by atoms with van der Waals surface area (Å²) in [6.45, 7) is 1.45. The Kier molecular flexibility index (Phi) is 3.71. The van der Waals surface area contributed by atoms with Gasteiger partial charge in [0.25, 0.3) is 0 Å². The standard InChI is InChI=1S/C14H12ClFN2O/c1-8(19)11-4-3-10(7-13(11)17)18-14-6-9(16)2-5-12(14)15/h2-7,18H,17H2,1H3. The van der Waals surface area contributed by atoms with Crippen LogP contribution in [0.1, 0.15) is 17.3 Å². The van der Waals surface area contributed by atoms with E-state index in [9.17, 15) is 9.18 Å². The van der Waals surface area contributed by atoms with Crippen molar-refractivity contribution in [1.82, 2.24) is 0 Å². The lowest BCUT2D eigenvalue weighted by Gasteiger charge is -2.10. The first kappa shape index (κ1) is 13.4. The van der Waals surface area contributed by atoms with Crippen molar-refractivity contribution in [3.63, 3.8) is 0 Å². The molecule has 0 saturated carbocycles. The molecule has 0 aliphatic rings. The molecule has 2 rings (SSSR count). The second-order valence-corrected chi connectivity index (χ2v) is 4.51. The molecule has 0 aliphatic carbocycles. The molecule has 5 heteroatoms. The predicted molar refractivity (Wildman–Crippen MR) is 75.6 cm³/mol. The number of nitrogens with one attached hydrogen (secondary N) is 1. The van der Waals surface area contributed by atoms with Gasteiger partial charge in [0.15, 0.2) is 5.78 Å². The van der Waals surface area contributed by atoms with Crippen molar-refractivity contribution >= 4 is 34.4 Å². The maximum Gasteiger partial charge on any atom is 0.161 e. The third-order valence-corrected chi connectivity index (χ3v) is 2.97. The van der Waals surface area contributed by atoms with Crippen LogP contribution in [0.25, 0.3) is 0 Å². The van der Waals surface area contributed by atoms with E-state index in [1.165, 1.54) is 25.1 Å². The summed E-state index contributed by atoms with van der Waals surface area (Å²) in [5.41, 5.74) is 7.67. The number of anilines is 3. The van der Waals surface area contributed by atoms with Crippen LogP contribution in [-0.2, 0) is 0 Å². The monoisotopic (exact) mass is 278 g/mol. The van der Waals surface area contributed by atoms with E-state index in [4.69, 9.17) is 17.3 Å². The van der Waals surface area contributed by atoms with Crippen LogP contribution >= 0.6 is 11.6 Å². The van der Waals surface area contributed by atoms with Gasteiger partial charge in [-0.15, -0.1) is 0 Å². The van der Waals surface area contributed by atoms with E-state index in [-0.39, 0.29) is 11.6 Å². The van der Waals surface area contributed by atoms with Gasteiger partial charge >= 0.3 is 0 Å². The Labute approximate surface area is 115 Å². The van der Waals surface area contributed by atoms with E-state index in [0.717, 1.165) is 0 Å². The molecule has 2 aromatic rings. The molecule has 0 bridgehead atoms. The molecule has 0 fully saturated rings. The molecular weight excluding hydrogens is 267 g/mol. The Morgan fingerprint density at radius 1 is 1.26 bits per heavy atom. The minimum atomic E-state index is -0.389. The minimum absolute atomic E-state index is 0.104. The van der Waals surface area contributed by atoms with Gasteiger partial charge in [-0.05, 0) is 43.3 Å². The number of Topliss-reactive ketones (excluding diaryl/α,β-unsaturated/α-hetero) is 1. The van der Waals surface area contributed by atoms with E-state index in [2.05, 4.69) is 5.32 Å². The summed E-state index contributed by atoms with van der Waals surface area (Å²) in [4.78, 5) is 11.3. The molecular formula is C14H12ClFN2O. The lowest BCUT2D eigenvalue weighted by molar-refractivity contribution is 0.101. The summed E-state index contributed by atoms with van der Waals surface area (Å²) in [6, 6.07) is 8.95. The average Bonchev–Trinajstić information content (AvgIpc) is 2.33. The van der Waals surface area contributed by atoms with Crippen LogP contribution in [-0.4, -0.2) is 5.78 Å². The zero-order valence-corrected chi connectivity index (χ0v) is 11.0. The average molecular weight is 279 g/mol. The predicted octanol–water partition coefficient (Wildman–Crippen LogP) is 4.01. The van der Waals surface area contributed by atoms with E-state index in [1.807, 2.05) is 0 Å². The molecule has 0 aliphatic heterocycles. The van der Waals surface area contributed by atoms with E-state index in [0.29, 0.717) is 27.6 Å². The quantitative estimate of drug-likeness (QED) is 0.659. The van der Waals surface area contributed by atoms with Crippen LogP contribution < -0.4 is 11.1 Å². The number of hydrogen-bond donors (Lipinski definition) is 2. The van der Waals surface area contributed by atoms with Crippen molar-refractivity contribution in [2.75, 3.05) is 11.1 Å². The van der Waals surface area contributed by atoms with Crippen LogP contribution in [0.2, 0.25) is 5.02 Å². The summed E-state index contributed by atoms with van der Waals surface area (Å²) in [6.07, 6.45) is 0. The molecule has 0 saturated heterocycles. The highest BCUT2D eigenvalue weighted by Gasteiger charge is 2.07. The Hall–Kier alpha value is -2.07. The summed E-state index contributed by atoms with van der Waals surface area (Å²) < 4.78 is 13.1. The molecule has 3 N–H and O–H groups in total. The van der Waals surface area contributed by atoms with E-state index in [1.54, 1.807) is 18.2 Å². The van der Waals surface area contributed by atoms with Gasteiger partial charge in [0.1, 0.15) is 5.82 Å². The first-order valence-electron chi connectivity index (χ1n) is 5.60. The Bertz CT molecular complexity index is 643. The van der Waals surface area contributed by atoms with Crippen LogP contribution in [0.5, 0.6) is 0 Å². The Morgan fingerprint density at radius 3 is 2.63 bits per heavy atom. The highest BCUT2D eigenvalue weighted by molar-refractivity contribution is 6.33.